The fourth-order valence-electron chi connectivity index (χ4n) is 3.67. The van der Waals surface area contributed by atoms with Crippen LogP contribution in [-0.2, 0) is 4.74 Å². The van der Waals surface area contributed by atoms with Crippen LogP contribution in [0.4, 0.5) is 0 Å². The molecule has 0 spiro atoms. The fraction of sp³-hybridized carbons (Fsp3) is 0.947. The van der Waals surface area contributed by atoms with Crippen LogP contribution in [0.2, 0.25) is 0 Å². The molecule has 7 heteroatoms. The molecule has 6 nitrogen and oxygen atoms in total. The smallest absolute Gasteiger partial charge is 0.191 e. The zero-order valence-corrected chi connectivity index (χ0v) is 19.1. The molecule has 1 aliphatic heterocycles. The fourth-order valence-corrected chi connectivity index (χ4v) is 3.67. The maximum absolute atomic E-state index is 9.96. The molecule has 0 aromatic heterocycles. The van der Waals surface area contributed by atoms with Gasteiger partial charge in [0.2, 0.25) is 0 Å². The minimum Gasteiger partial charge on any atom is -0.393 e. The molecule has 2 atom stereocenters. The predicted octanol–water partition coefficient (Wildman–Crippen LogP) is 2.21. The maximum Gasteiger partial charge on any atom is 0.191 e. The van der Waals surface area contributed by atoms with Crippen molar-refractivity contribution in [3.8, 4) is 0 Å². The molecule has 154 valence electrons. The van der Waals surface area contributed by atoms with Crippen molar-refractivity contribution in [1.29, 1.82) is 0 Å². The first-order valence-electron chi connectivity index (χ1n) is 10.1. The van der Waals surface area contributed by atoms with Crippen molar-refractivity contribution in [3.63, 3.8) is 0 Å². The molecule has 26 heavy (non-hydrogen) atoms. The third-order valence-corrected chi connectivity index (χ3v) is 5.23. The van der Waals surface area contributed by atoms with E-state index < -0.39 is 0 Å². The molecular formula is C19H39IN4O2. The van der Waals surface area contributed by atoms with E-state index >= 15 is 0 Å². The van der Waals surface area contributed by atoms with Crippen LogP contribution in [0, 0.1) is 5.92 Å². The van der Waals surface area contributed by atoms with Gasteiger partial charge in [0.1, 0.15) is 0 Å². The number of halogens is 1. The molecule has 1 saturated carbocycles. The van der Waals surface area contributed by atoms with Crippen molar-refractivity contribution >= 4 is 29.9 Å². The second-order valence-electron chi connectivity index (χ2n) is 7.66. The Balaban J connectivity index is 0.00000338. The standard InChI is InChI=1S/C19H38N4O2.HI/c1-4-20-19(21-14-16-6-5-7-18(16)24)22-17-8-10-23(11-9-17)12-13-25-15(2)3;/h15-18,24H,4-14H2,1-3H3,(H2,20,21,22);1H. The number of nitrogens with zero attached hydrogens (tertiary/aromatic N) is 2. The molecule has 2 unspecified atom stereocenters. The molecule has 0 radical (unpaired) electrons. The summed E-state index contributed by atoms with van der Waals surface area (Å²) < 4.78 is 5.65. The number of rotatable bonds is 8. The van der Waals surface area contributed by atoms with Gasteiger partial charge in [0.25, 0.3) is 0 Å². The highest BCUT2D eigenvalue weighted by atomic mass is 127. The lowest BCUT2D eigenvalue weighted by molar-refractivity contribution is 0.0532. The number of guanidine groups is 1. The molecule has 2 rings (SSSR count). The molecule has 0 aromatic carbocycles. The van der Waals surface area contributed by atoms with Gasteiger partial charge in [-0.25, -0.2) is 0 Å². The second kappa shape index (κ2) is 13.1. The number of ether oxygens (including phenoxy) is 1. The predicted molar refractivity (Wildman–Crippen MR) is 118 cm³/mol. The van der Waals surface area contributed by atoms with Crippen LogP contribution in [0.1, 0.15) is 52.9 Å². The van der Waals surface area contributed by atoms with Crippen LogP contribution in [0.25, 0.3) is 0 Å². The molecule has 0 amide bonds. The summed E-state index contributed by atoms with van der Waals surface area (Å²) >= 11 is 0. The van der Waals surface area contributed by atoms with Crippen molar-refractivity contribution in [2.24, 2.45) is 10.9 Å². The quantitative estimate of drug-likeness (QED) is 0.281. The SMILES string of the molecule is CCNC(=NCC1CCCC1O)NC1CCN(CCOC(C)C)CC1.I. The number of aliphatic hydroxyl groups is 1. The molecule has 2 aliphatic rings. The van der Waals surface area contributed by atoms with E-state index in [1.807, 2.05) is 0 Å². The summed E-state index contributed by atoms with van der Waals surface area (Å²) in [5, 5.41) is 16.9. The summed E-state index contributed by atoms with van der Waals surface area (Å²) in [5.74, 6) is 1.24. The van der Waals surface area contributed by atoms with Crippen LogP contribution in [0.5, 0.6) is 0 Å². The number of aliphatic imine (C=N–C) groups is 1. The Labute approximate surface area is 176 Å². The topological polar surface area (TPSA) is 69.1 Å². The average Bonchev–Trinajstić information content (AvgIpc) is 2.99. The van der Waals surface area contributed by atoms with Gasteiger partial charge in [0.05, 0.1) is 18.8 Å². The molecule has 0 bridgehead atoms. The Bertz CT molecular complexity index is 401. The Hall–Kier alpha value is -0.120. The lowest BCUT2D eigenvalue weighted by atomic mass is 10.1. The highest BCUT2D eigenvalue weighted by Gasteiger charge is 2.25. The highest BCUT2D eigenvalue weighted by Crippen LogP contribution is 2.25. The first-order chi connectivity index (χ1) is 12.1. The van der Waals surface area contributed by atoms with Gasteiger partial charge in [-0.05, 0) is 46.5 Å². The lowest BCUT2D eigenvalue weighted by Gasteiger charge is -2.33. The molecule has 2 fully saturated rings. The van der Waals surface area contributed by atoms with Crippen molar-refractivity contribution in [1.82, 2.24) is 15.5 Å². The van der Waals surface area contributed by atoms with Gasteiger partial charge >= 0.3 is 0 Å². The van der Waals surface area contributed by atoms with Crippen LogP contribution in [0.3, 0.4) is 0 Å². The summed E-state index contributed by atoms with van der Waals surface area (Å²) in [6.45, 7) is 11.9. The minimum absolute atomic E-state index is 0. The van der Waals surface area contributed by atoms with Crippen LogP contribution >= 0.6 is 24.0 Å². The van der Waals surface area contributed by atoms with E-state index in [-0.39, 0.29) is 30.1 Å². The number of hydrogen-bond donors (Lipinski definition) is 3. The molecule has 3 N–H and O–H groups in total. The van der Waals surface area contributed by atoms with Crippen LogP contribution in [0.15, 0.2) is 4.99 Å². The van der Waals surface area contributed by atoms with Gasteiger partial charge in [-0.2, -0.15) is 0 Å². The average molecular weight is 482 g/mol. The number of piperidine rings is 1. The first-order valence-corrected chi connectivity index (χ1v) is 10.1. The Morgan fingerprint density at radius 2 is 1.96 bits per heavy atom. The summed E-state index contributed by atoms with van der Waals surface area (Å²) in [7, 11) is 0. The Morgan fingerprint density at radius 3 is 2.54 bits per heavy atom. The molecular weight excluding hydrogens is 443 g/mol. The summed E-state index contributed by atoms with van der Waals surface area (Å²) in [5.41, 5.74) is 0. The van der Waals surface area contributed by atoms with E-state index in [1.54, 1.807) is 0 Å². The van der Waals surface area contributed by atoms with Gasteiger partial charge in [0, 0.05) is 44.7 Å². The van der Waals surface area contributed by atoms with E-state index in [9.17, 15) is 5.11 Å². The highest BCUT2D eigenvalue weighted by molar-refractivity contribution is 14.0. The Kier molecular flexibility index (Phi) is 12.1. The summed E-state index contributed by atoms with van der Waals surface area (Å²) in [6.07, 6.45) is 5.59. The third-order valence-electron chi connectivity index (χ3n) is 5.23. The largest absolute Gasteiger partial charge is 0.393 e. The third kappa shape index (κ3) is 8.71. The van der Waals surface area contributed by atoms with E-state index in [4.69, 9.17) is 9.73 Å². The molecule has 1 heterocycles. The van der Waals surface area contributed by atoms with E-state index in [0.717, 1.165) is 77.4 Å². The van der Waals surface area contributed by atoms with E-state index in [2.05, 4.69) is 36.3 Å². The van der Waals surface area contributed by atoms with Crippen molar-refractivity contribution in [2.45, 2.75) is 71.1 Å². The summed E-state index contributed by atoms with van der Waals surface area (Å²) in [4.78, 5) is 7.21. The van der Waals surface area contributed by atoms with Gasteiger partial charge in [-0.1, -0.05) is 6.42 Å². The van der Waals surface area contributed by atoms with Gasteiger partial charge < -0.3 is 25.4 Å². The number of hydrogen-bond acceptors (Lipinski definition) is 4. The van der Waals surface area contributed by atoms with Crippen molar-refractivity contribution in [3.05, 3.63) is 0 Å². The number of aliphatic hydroxyl groups excluding tert-OH is 1. The van der Waals surface area contributed by atoms with Crippen molar-refractivity contribution in [2.75, 3.05) is 39.3 Å². The minimum atomic E-state index is -0.164. The van der Waals surface area contributed by atoms with Crippen molar-refractivity contribution < 1.29 is 9.84 Å². The van der Waals surface area contributed by atoms with Crippen LogP contribution < -0.4 is 10.6 Å². The maximum atomic E-state index is 9.96. The van der Waals surface area contributed by atoms with E-state index in [1.165, 1.54) is 0 Å². The lowest BCUT2D eigenvalue weighted by Crippen LogP contribution is -2.49. The second-order valence-corrected chi connectivity index (χ2v) is 7.66. The van der Waals surface area contributed by atoms with Gasteiger partial charge in [-0.15, -0.1) is 24.0 Å². The van der Waals surface area contributed by atoms with Gasteiger partial charge in [-0.3, -0.25) is 4.99 Å². The number of likely N-dealkylation sites (tertiary alicyclic amines) is 1. The molecule has 1 aliphatic carbocycles. The monoisotopic (exact) mass is 482 g/mol. The number of nitrogens with one attached hydrogen (secondary N) is 2. The zero-order chi connectivity index (χ0) is 18.1. The van der Waals surface area contributed by atoms with Gasteiger partial charge in [0.15, 0.2) is 5.96 Å². The summed E-state index contributed by atoms with van der Waals surface area (Å²) in [6, 6.07) is 0.480. The molecule has 0 aromatic rings. The normalized spacial score (nSPS) is 25.3. The molecule has 1 saturated heterocycles. The van der Waals surface area contributed by atoms with E-state index in [0.29, 0.717) is 18.1 Å². The zero-order valence-electron chi connectivity index (χ0n) is 16.7. The first kappa shape index (κ1) is 23.9. The van der Waals surface area contributed by atoms with Crippen LogP contribution in [-0.4, -0.2) is 73.5 Å². The Morgan fingerprint density at radius 1 is 1.23 bits per heavy atom.